The van der Waals surface area contributed by atoms with Crippen LogP contribution in [-0.4, -0.2) is 26.3 Å². The normalized spacial score (nSPS) is 10.9. The van der Waals surface area contributed by atoms with Crippen molar-refractivity contribution in [3.05, 3.63) is 60.4 Å². The Morgan fingerprint density at radius 3 is 2.11 bits per heavy atom. The zero-order valence-electron chi connectivity index (χ0n) is 15.7. The molecule has 0 saturated heterocycles. The molecule has 0 amide bonds. The molecule has 4 aromatic rings. The van der Waals surface area contributed by atoms with Gasteiger partial charge in [-0.25, -0.2) is 9.37 Å². The van der Waals surface area contributed by atoms with Crippen molar-refractivity contribution in [3.63, 3.8) is 0 Å². The van der Waals surface area contributed by atoms with E-state index < -0.39 is 0 Å². The number of rotatable bonds is 5. The van der Waals surface area contributed by atoms with Crippen LogP contribution in [0, 0.1) is 5.82 Å². The summed E-state index contributed by atoms with van der Waals surface area (Å²) in [4.78, 5) is 4.64. The number of ether oxygens (including phenoxy) is 3. The van der Waals surface area contributed by atoms with Crippen LogP contribution in [0.25, 0.3) is 33.7 Å². The average molecular weight is 379 g/mol. The summed E-state index contributed by atoms with van der Waals surface area (Å²) in [5.74, 6) is 1.74. The fraction of sp³-hybridized carbons (Fsp3) is 0.136. The summed E-state index contributed by atoms with van der Waals surface area (Å²) >= 11 is 0. The summed E-state index contributed by atoms with van der Waals surface area (Å²) in [6.45, 7) is 0. The number of methoxy groups -OCH3 is 3. The highest BCUT2D eigenvalue weighted by atomic mass is 19.1. The predicted molar refractivity (Wildman–Crippen MR) is 104 cm³/mol. The largest absolute Gasteiger partial charge is 0.493 e. The van der Waals surface area contributed by atoms with Crippen LogP contribution in [0.4, 0.5) is 4.39 Å². The van der Waals surface area contributed by atoms with Gasteiger partial charge in [0, 0.05) is 11.1 Å². The van der Waals surface area contributed by atoms with E-state index in [2.05, 4.69) is 4.98 Å². The Morgan fingerprint density at radius 1 is 0.821 bits per heavy atom. The monoisotopic (exact) mass is 379 g/mol. The van der Waals surface area contributed by atoms with Crippen LogP contribution >= 0.6 is 0 Å². The predicted octanol–water partition coefficient (Wildman–Crippen LogP) is 5.33. The molecule has 0 spiro atoms. The Labute approximate surface area is 161 Å². The van der Waals surface area contributed by atoms with Crippen molar-refractivity contribution in [2.24, 2.45) is 0 Å². The first-order valence-electron chi connectivity index (χ1n) is 8.60. The van der Waals surface area contributed by atoms with Crippen LogP contribution in [0.3, 0.4) is 0 Å². The van der Waals surface area contributed by atoms with Gasteiger partial charge in [0.25, 0.3) is 0 Å². The van der Waals surface area contributed by atoms with Gasteiger partial charge in [-0.3, -0.25) is 0 Å². The number of halogens is 1. The Kier molecular flexibility index (Phi) is 4.61. The number of fused-ring (bicyclic) bond motifs is 1. The van der Waals surface area contributed by atoms with Gasteiger partial charge < -0.3 is 18.6 Å². The molecule has 142 valence electrons. The van der Waals surface area contributed by atoms with Gasteiger partial charge in [0.2, 0.25) is 11.6 Å². The SMILES string of the molecule is COc1cc(-c2cccc3oc(-c4ccc(F)cc4)nc23)cc(OC)c1OC. The number of hydrogen-bond donors (Lipinski definition) is 0. The summed E-state index contributed by atoms with van der Waals surface area (Å²) < 4.78 is 35.4. The minimum Gasteiger partial charge on any atom is -0.493 e. The first-order valence-corrected chi connectivity index (χ1v) is 8.60. The third-order valence-electron chi connectivity index (χ3n) is 4.49. The molecule has 3 aromatic carbocycles. The second-order valence-electron chi connectivity index (χ2n) is 6.09. The second kappa shape index (κ2) is 7.23. The lowest BCUT2D eigenvalue weighted by Gasteiger charge is -2.14. The lowest BCUT2D eigenvalue weighted by molar-refractivity contribution is 0.324. The summed E-state index contributed by atoms with van der Waals surface area (Å²) in [7, 11) is 4.71. The van der Waals surface area contributed by atoms with Gasteiger partial charge in [-0.15, -0.1) is 0 Å². The Balaban J connectivity index is 1.89. The highest BCUT2D eigenvalue weighted by Crippen LogP contribution is 2.42. The fourth-order valence-electron chi connectivity index (χ4n) is 3.13. The number of nitrogens with zero attached hydrogens (tertiary/aromatic N) is 1. The van der Waals surface area contributed by atoms with E-state index in [1.807, 2.05) is 30.3 Å². The van der Waals surface area contributed by atoms with E-state index in [0.717, 1.165) is 11.1 Å². The van der Waals surface area contributed by atoms with Gasteiger partial charge in [0.15, 0.2) is 17.1 Å². The maximum Gasteiger partial charge on any atom is 0.227 e. The van der Waals surface area contributed by atoms with E-state index in [9.17, 15) is 4.39 Å². The van der Waals surface area contributed by atoms with Crippen molar-refractivity contribution >= 4 is 11.1 Å². The van der Waals surface area contributed by atoms with Crippen LogP contribution < -0.4 is 14.2 Å². The van der Waals surface area contributed by atoms with Gasteiger partial charge in [-0.1, -0.05) is 12.1 Å². The van der Waals surface area contributed by atoms with E-state index >= 15 is 0 Å². The zero-order valence-corrected chi connectivity index (χ0v) is 15.7. The van der Waals surface area contributed by atoms with E-state index in [0.29, 0.717) is 39.8 Å². The maximum absolute atomic E-state index is 13.2. The Morgan fingerprint density at radius 2 is 1.50 bits per heavy atom. The Bertz CT molecular complexity index is 1110. The van der Waals surface area contributed by atoms with E-state index in [4.69, 9.17) is 18.6 Å². The molecule has 0 unspecified atom stereocenters. The molecule has 5 nitrogen and oxygen atoms in total. The molecular formula is C22H18FNO4. The molecule has 0 atom stereocenters. The third-order valence-corrected chi connectivity index (χ3v) is 4.49. The summed E-state index contributed by atoms with van der Waals surface area (Å²) in [5, 5.41) is 0. The van der Waals surface area contributed by atoms with Crippen LogP contribution in [0.15, 0.2) is 59.0 Å². The molecule has 0 aliphatic rings. The van der Waals surface area contributed by atoms with Crippen molar-refractivity contribution in [2.45, 2.75) is 0 Å². The van der Waals surface area contributed by atoms with Gasteiger partial charge in [0.1, 0.15) is 11.3 Å². The number of aromatic nitrogens is 1. The molecular weight excluding hydrogens is 361 g/mol. The van der Waals surface area contributed by atoms with Gasteiger partial charge in [-0.05, 0) is 48.0 Å². The highest BCUT2D eigenvalue weighted by molar-refractivity contribution is 5.93. The van der Waals surface area contributed by atoms with Crippen molar-refractivity contribution in [1.29, 1.82) is 0 Å². The fourth-order valence-corrected chi connectivity index (χ4v) is 3.13. The van der Waals surface area contributed by atoms with Crippen molar-refractivity contribution in [2.75, 3.05) is 21.3 Å². The number of hydrogen-bond acceptors (Lipinski definition) is 5. The minimum absolute atomic E-state index is 0.307. The molecule has 0 aliphatic carbocycles. The molecule has 1 aromatic heterocycles. The lowest BCUT2D eigenvalue weighted by Crippen LogP contribution is -1.96. The summed E-state index contributed by atoms with van der Waals surface area (Å²) in [5.41, 5.74) is 3.73. The zero-order chi connectivity index (χ0) is 19.7. The molecule has 0 radical (unpaired) electrons. The first kappa shape index (κ1) is 17.9. The average Bonchev–Trinajstić information content (AvgIpc) is 3.17. The molecule has 0 saturated carbocycles. The smallest absolute Gasteiger partial charge is 0.227 e. The standard InChI is InChI=1S/C22H18FNO4/c1-25-18-11-14(12-19(26-2)21(18)27-3)16-5-4-6-17-20(16)24-22(28-17)13-7-9-15(23)10-8-13/h4-12H,1-3H3. The van der Waals surface area contributed by atoms with Gasteiger partial charge in [-0.2, -0.15) is 0 Å². The molecule has 0 fully saturated rings. The van der Waals surface area contributed by atoms with Gasteiger partial charge in [0.05, 0.1) is 21.3 Å². The molecule has 6 heteroatoms. The van der Waals surface area contributed by atoms with Crippen LogP contribution in [0.1, 0.15) is 0 Å². The lowest BCUT2D eigenvalue weighted by atomic mass is 10.0. The molecule has 1 heterocycles. The molecule has 28 heavy (non-hydrogen) atoms. The molecule has 4 rings (SSSR count). The molecule has 0 bridgehead atoms. The quantitative estimate of drug-likeness (QED) is 0.469. The highest BCUT2D eigenvalue weighted by Gasteiger charge is 2.18. The summed E-state index contributed by atoms with van der Waals surface area (Å²) in [6.07, 6.45) is 0. The van der Waals surface area contributed by atoms with E-state index in [1.165, 1.54) is 12.1 Å². The van der Waals surface area contributed by atoms with E-state index in [1.54, 1.807) is 33.5 Å². The number of benzene rings is 3. The van der Waals surface area contributed by atoms with E-state index in [-0.39, 0.29) is 5.82 Å². The molecule has 0 N–H and O–H groups in total. The topological polar surface area (TPSA) is 53.7 Å². The third kappa shape index (κ3) is 3.03. The van der Waals surface area contributed by atoms with Crippen molar-refractivity contribution in [1.82, 2.24) is 4.98 Å². The molecule has 0 aliphatic heterocycles. The number of oxazole rings is 1. The maximum atomic E-state index is 13.2. The van der Waals surface area contributed by atoms with Crippen molar-refractivity contribution in [3.8, 4) is 39.8 Å². The Hall–Kier alpha value is -3.54. The summed E-state index contributed by atoms with van der Waals surface area (Å²) in [6, 6.07) is 15.4. The first-order chi connectivity index (χ1) is 13.6. The number of para-hydroxylation sites is 1. The van der Waals surface area contributed by atoms with Crippen LogP contribution in [0.5, 0.6) is 17.2 Å². The van der Waals surface area contributed by atoms with Crippen LogP contribution in [0.2, 0.25) is 0 Å². The van der Waals surface area contributed by atoms with Crippen LogP contribution in [-0.2, 0) is 0 Å². The minimum atomic E-state index is -0.307. The van der Waals surface area contributed by atoms with Gasteiger partial charge >= 0.3 is 0 Å². The van der Waals surface area contributed by atoms with Crippen molar-refractivity contribution < 1.29 is 23.0 Å². The second-order valence-corrected chi connectivity index (χ2v) is 6.09.